The Morgan fingerprint density at radius 1 is 1.56 bits per heavy atom. The normalized spacial score (nSPS) is 17.4. The molecular formula is C12H18N2O2. The smallest absolute Gasteiger partial charge is 0.310 e. The van der Waals surface area contributed by atoms with Crippen LogP contribution in [0, 0.1) is 5.41 Å². The second-order valence-corrected chi connectivity index (χ2v) is 4.56. The van der Waals surface area contributed by atoms with Crippen LogP contribution in [0.3, 0.4) is 0 Å². The summed E-state index contributed by atoms with van der Waals surface area (Å²) in [5.41, 5.74) is 1.63. The maximum Gasteiger partial charge on any atom is 0.310 e. The molecule has 4 nitrogen and oxygen atoms in total. The molecule has 1 aromatic rings. The molecule has 0 bridgehead atoms. The van der Waals surface area contributed by atoms with Crippen LogP contribution in [0.5, 0.6) is 0 Å². The molecule has 4 heteroatoms. The third-order valence-corrected chi connectivity index (χ3v) is 3.40. The van der Waals surface area contributed by atoms with E-state index in [1.54, 1.807) is 0 Å². The van der Waals surface area contributed by atoms with Gasteiger partial charge in [-0.2, -0.15) is 5.10 Å². The third-order valence-electron chi connectivity index (χ3n) is 3.40. The molecule has 2 rings (SSSR count). The van der Waals surface area contributed by atoms with E-state index in [2.05, 4.69) is 12.0 Å². The molecule has 0 aliphatic heterocycles. The highest BCUT2D eigenvalue weighted by Gasteiger charge is 2.50. The fraction of sp³-hybridized carbons (Fsp3) is 0.667. The van der Waals surface area contributed by atoms with Crippen molar-refractivity contribution >= 4 is 5.97 Å². The summed E-state index contributed by atoms with van der Waals surface area (Å²) in [6.45, 7) is 4.91. The SMILES string of the molecule is CCc1cc(CC2(C(=O)O)CC2)n(CC)n1. The van der Waals surface area contributed by atoms with E-state index in [9.17, 15) is 4.79 Å². The van der Waals surface area contributed by atoms with Gasteiger partial charge in [0, 0.05) is 18.7 Å². The van der Waals surface area contributed by atoms with Crippen molar-refractivity contribution in [3.8, 4) is 0 Å². The first-order chi connectivity index (χ1) is 7.61. The van der Waals surface area contributed by atoms with Crippen molar-refractivity contribution in [2.45, 2.75) is 46.1 Å². The topological polar surface area (TPSA) is 55.1 Å². The number of nitrogens with zero attached hydrogens (tertiary/aromatic N) is 2. The Bertz CT molecular complexity index is 405. The average molecular weight is 222 g/mol. The minimum atomic E-state index is -0.658. The minimum Gasteiger partial charge on any atom is -0.481 e. The Balaban J connectivity index is 2.20. The van der Waals surface area contributed by atoms with Gasteiger partial charge in [-0.25, -0.2) is 0 Å². The first-order valence-corrected chi connectivity index (χ1v) is 5.90. The molecule has 1 N–H and O–H groups in total. The molecule has 0 radical (unpaired) electrons. The van der Waals surface area contributed by atoms with E-state index in [0.29, 0.717) is 6.42 Å². The fourth-order valence-electron chi connectivity index (χ4n) is 2.07. The second kappa shape index (κ2) is 3.92. The van der Waals surface area contributed by atoms with Gasteiger partial charge in [-0.15, -0.1) is 0 Å². The first kappa shape index (κ1) is 11.2. The summed E-state index contributed by atoms with van der Waals surface area (Å²) in [6, 6.07) is 2.05. The van der Waals surface area contributed by atoms with Crippen LogP contribution in [-0.2, 0) is 24.2 Å². The molecule has 1 aliphatic carbocycles. The van der Waals surface area contributed by atoms with E-state index in [-0.39, 0.29) is 0 Å². The second-order valence-electron chi connectivity index (χ2n) is 4.56. The Hall–Kier alpha value is -1.32. The van der Waals surface area contributed by atoms with Gasteiger partial charge in [0.1, 0.15) is 0 Å². The predicted molar refractivity (Wildman–Crippen MR) is 60.3 cm³/mol. The van der Waals surface area contributed by atoms with Crippen molar-refractivity contribution in [2.24, 2.45) is 5.41 Å². The molecule has 1 aromatic heterocycles. The summed E-state index contributed by atoms with van der Waals surface area (Å²) in [4.78, 5) is 11.1. The van der Waals surface area contributed by atoms with Crippen LogP contribution < -0.4 is 0 Å². The number of aromatic nitrogens is 2. The van der Waals surface area contributed by atoms with Gasteiger partial charge in [0.25, 0.3) is 0 Å². The molecule has 1 saturated carbocycles. The fourth-order valence-corrected chi connectivity index (χ4v) is 2.07. The van der Waals surface area contributed by atoms with E-state index < -0.39 is 11.4 Å². The van der Waals surface area contributed by atoms with E-state index in [1.165, 1.54) is 0 Å². The molecule has 1 aliphatic rings. The van der Waals surface area contributed by atoms with Crippen molar-refractivity contribution in [1.29, 1.82) is 0 Å². The van der Waals surface area contributed by atoms with Gasteiger partial charge in [0.05, 0.1) is 11.1 Å². The largest absolute Gasteiger partial charge is 0.481 e. The summed E-state index contributed by atoms with van der Waals surface area (Å²) < 4.78 is 1.93. The van der Waals surface area contributed by atoms with Crippen molar-refractivity contribution in [3.05, 3.63) is 17.5 Å². The standard InChI is InChI=1S/C12H18N2O2/c1-3-9-7-10(14(4-2)13-9)8-12(5-6-12)11(15)16/h7H,3-6,8H2,1-2H3,(H,15,16). The van der Waals surface area contributed by atoms with Gasteiger partial charge in [0.2, 0.25) is 0 Å². The Morgan fingerprint density at radius 2 is 2.25 bits per heavy atom. The van der Waals surface area contributed by atoms with Gasteiger partial charge < -0.3 is 5.11 Å². The van der Waals surface area contributed by atoms with Crippen LogP contribution >= 0.6 is 0 Å². The maximum atomic E-state index is 11.1. The highest BCUT2D eigenvalue weighted by molar-refractivity contribution is 5.78. The van der Waals surface area contributed by atoms with Gasteiger partial charge in [-0.05, 0) is 32.3 Å². The molecule has 0 unspecified atom stereocenters. The van der Waals surface area contributed by atoms with E-state index in [1.807, 2.05) is 17.7 Å². The lowest BCUT2D eigenvalue weighted by atomic mass is 10.0. The number of aryl methyl sites for hydroxylation is 2. The number of hydrogen-bond donors (Lipinski definition) is 1. The van der Waals surface area contributed by atoms with Crippen LogP contribution in [0.25, 0.3) is 0 Å². The van der Waals surface area contributed by atoms with Crippen molar-refractivity contribution in [1.82, 2.24) is 9.78 Å². The zero-order chi connectivity index (χ0) is 11.8. The highest BCUT2D eigenvalue weighted by Crippen LogP contribution is 2.48. The molecule has 1 heterocycles. The lowest BCUT2D eigenvalue weighted by Gasteiger charge is -2.10. The zero-order valence-corrected chi connectivity index (χ0v) is 9.86. The number of carboxylic acid groups (broad SMARTS) is 1. The minimum absolute atomic E-state index is 0.488. The van der Waals surface area contributed by atoms with Crippen LogP contribution in [0.2, 0.25) is 0 Å². The van der Waals surface area contributed by atoms with E-state index in [0.717, 1.165) is 37.2 Å². The lowest BCUT2D eigenvalue weighted by Crippen LogP contribution is -2.19. The van der Waals surface area contributed by atoms with Crippen LogP contribution in [0.4, 0.5) is 0 Å². The number of hydrogen-bond acceptors (Lipinski definition) is 2. The van der Waals surface area contributed by atoms with Gasteiger partial charge in [-0.3, -0.25) is 9.48 Å². The van der Waals surface area contributed by atoms with E-state index in [4.69, 9.17) is 5.11 Å². The molecule has 16 heavy (non-hydrogen) atoms. The molecule has 0 atom stereocenters. The highest BCUT2D eigenvalue weighted by atomic mass is 16.4. The van der Waals surface area contributed by atoms with Crippen molar-refractivity contribution < 1.29 is 9.90 Å². The molecule has 88 valence electrons. The summed E-state index contributed by atoms with van der Waals surface area (Å²) >= 11 is 0. The van der Waals surface area contributed by atoms with Gasteiger partial charge in [-0.1, -0.05) is 6.92 Å². The lowest BCUT2D eigenvalue weighted by molar-refractivity contribution is -0.143. The van der Waals surface area contributed by atoms with Crippen molar-refractivity contribution in [2.75, 3.05) is 0 Å². The van der Waals surface area contributed by atoms with Gasteiger partial charge in [0.15, 0.2) is 0 Å². The van der Waals surface area contributed by atoms with Crippen LogP contribution in [0.15, 0.2) is 6.07 Å². The molecule has 0 saturated heterocycles. The van der Waals surface area contributed by atoms with Crippen molar-refractivity contribution in [3.63, 3.8) is 0 Å². The quantitative estimate of drug-likeness (QED) is 0.827. The summed E-state index contributed by atoms with van der Waals surface area (Å²) in [7, 11) is 0. The number of rotatable bonds is 5. The Morgan fingerprint density at radius 3 is 2.69 bits per heavy atom. The molecule has 0 spiro atoms. The van der Waals surface area contributed by atoms with Crippen LogP contribution in [0.1, 0.15) is 38.1 Å². The van der Waals surface area contributed by atoms with E-state index >= 15 is 0 Å². The zero-order valence-electron chi connectivity index (χ0n) is 9.86. The number of aliphatic carboxylic acids is 1. The van der Waals surface area contributed by atoms with Crippen LogP contribution in [-0.4, -0.2) is 20.9 Å². The maximum absolute atomic E-state index is 11.1. The Labute approximate surface area is 95.3 Å². The average Bonchev–Trinajstić information content (AvgIpc) is 2.93. The molecule has 0 amide bonds. The summed E-state index contributed by atoms with van der Waals surface area (Å²) in [5, 5.41) is 13.6. The molecule has 0 aromatic carbocycles. The third kappa shape index (κ3) is 1.84. The predicted octanol–water partition coefficient (Wildman–Crippen LogP) is 1.87. The monoisotopic (exact) mass is 222 g/mol. The Kier molecular flexibility index (Phi) is 2.74. The summed E-state index contributed by atoms with van der Waals surface area (Å²) in [5.74, 6) is -0.658. The van der Waals surface area contributed by atoms with Gasteiger partial charge >= 0.3 is 5.97 Å². The summed E-state index contributed by atoms with van der Waals surface area (Å²) in [6.07, 6.45) is 3.14. The molecular weight excluding hydrogens is 204 g/mol. The number of carboxylic acids is 1. The number of carbonyl (C=O) groups is 1. The molecule has 1 fully saturated rings. The first-order valence-electron chi connectivity index (χ1n) is 5.90.